The molecule has 0 spiro atoms. The lowest BCUT2D eigenvalue weighted by Gasteiger charge is -2.31. The van der Waals surface area contributed by atoms with Crippen LogP contribution in [0.4, 0.5) is 0 Å². The lowest BCUT2D eigenvalue weighted by Crippen LogP contribution is -2.39. The van der Waals surface area contributed by atoms with Gasteiger partial charge in [0.05, 0.1) is 5.92 Å². The summed E-state index contributed by atoms with van der Waals surface area (Å²) in [6.07, 6.45) is 1.88. The molecule has 5 heteroatoms. The van der Waals surface area contributed by atoms with Gasteiger partial charge in [-0.1, -0.05) is 61.5 Å². The molecular formula is C24H27N3O2. The fourth-order valence-corrected chi connectivity index (χ4v) is 3.88. The molecular weight excluding hydrogens is 362 g/mol. The standard InChI is InChI=1S/C24H27N3O2/c1-16(2)18-10-12-19(13-11-18)22-25-23(29-26-22)20-8-6-14-27(15-20)24(28)21-9-5-4-7-17(21)3/h4-5,7,9-13,16,20H,6,8,14-15H2,1-3H3. The summed E-state index contributed by atoms with van der Waals surface area (Å²) in [5, 5.41) is 4.19. The van der Waals surface area contributed by atoms with Crippen LogP contribution in [0, 0.1) is 6.92 Å². The van der Waals surface area contributed by atoms with E-state index in [0.29, 0.717) is 24.2 Å². The van der Waals surface area contributed by atoms with Crippen LogP contribution in [-0.4, -0.2) is 34.0 Å². The van der Waals surface area contributed by atoms with E-state index in [2.05, 4.69) is 36.1 Å². The van der Waals surface area contributed by atoms with Crippen molar-refractivity contribution in [3.05, 3.63) is 71.1 Å². The summed E-state index contributed by atoms with van der Waals surface area (Å²) in [4.78, 5) is 19.5. The minimum absolute atomic E-state index is 0.0768. The molecule has 2 heterocycles. The maximum absolute atomic E-state index is 13.0. The Morgan fingerprint density at radius 3 is 2.62 bits per heavy atom. The first-order valence-electron chi connectivity index (χ1n) is 10.3. The smallest absolute Gasteiger partial charge is 0.254 e. The number of benzene rings is 2. The van der Waals surface area contributed by atoms with Gasteiger partial charge in [0, 0.05) is 24.2 Å². The lowest BCUT2D eigenvalue weighted by molar-refractivity contribution is 0.0695. The Balaban J connectivity index is 1.49. The third-order valence-corrected chi connectivity index (χ3v) is 5.71. The Labute approximate surface area is 171 Å². The molecule has 1 atom stereocenters. The molecule has 1 aromatic heterocycles. The fourth-order valence-electron chi connectivity index (χ4n) is 3.88. The molecule has 1 unspecified atom stereocenters. The van der Waals surface area contributed by atoms with E-state index in [1.807, 2.05) is 48.2 Å². The van der Waals surface area contributed by atoms with Crippen molar-refractivity contribution in [2.75, 3.05) is 13.1 Å². The van der Waals surface area contributed by atoms with Crippen LogP contribution in [0.2, 0.25) is 0 Å². The van der Waals surface area contributed by atoms with Crippen molar-refractivity contribution in [3.8, 4) is 11.4 Å². The van der Waals surface area contributed by atoms with E-state index in [1.165, 1.54) is 5.56 Å². The second-order valence-corrected chi connectivity index (χ2v) is 8.14. The zero-order valence-corrected chi connectivity index (χ0v) is 17.3. The number of amides is 1. The quantitative estimate of drug-likeness (QED) is 0.616. The molecule has 150 valence electrons. The summed E-state index contributed by atoms with van der Waals surface area (Å²) >= 11 is 0. The summed E-state index contributed by atoms with van der Waals surface area (Å²) < 4.78 is 5.59. The Morgan fingerprint density at radius 2 is 1.90 bits per heavy atom. The molecule has 0 saturated carbocycles. The van der Waals surface area contributed by atoms with Gasteiger partial charge < -0.3 is 9.42 Å². The van der Waals surface area contributed by atoms with Crippen molar-refractivity contribution in [2.24, 2.45) is 0 Å². The number of likely N-dealkylation sites (tertiary alicyclic amines) is 1. The van der Waals surface area contributed by atoms with Gasteiger partial charge in [0.1, 0.15) is 0 Å². The van der Waals surface area contributed by atoms with Crippen molar-refractivity contribution >= 4 is 5.91 Å². The van der Waals surface area contributed by atoms with Gasteiger partial charge in [-0.25, -0.2) is 0 Å². The van der Waals surface area contributed by atoms with Crippen molar-refractivity contribution in [1.29, 1.82) is 0 Å². The summed E-state index contributed by atoms with van der Waals surface area (Å²) in [6, 6.07) is 16.0. The van der Waals surface area contributed by atoms with Crippen molar-refractivity contribution < 1.29 is 9.32 Å². The molecule has 0 radical (unpaired) electrons. The van der Waals surface area contributed by atoms with Gasteiger partial charge in [-0.05, 0) is 42.9 Å². The Morgan fingerprint density at radius 1 is 1.14 bits per heavy atom. The second kappa shape index (κ2) is 8.19. The molecule has 29 heavy (non-hydrogen) atoms. The first-order chi connectivity index (χ1) is 14.0. The highest BCUT2D eigenvalue weighted by molar-refractivity contribution is 5.95. The molecule has 2 aromatic carbocycles. The van der Waals surface area contributed by atoms with E-state index >= 15 is 0 Å². The highest BCUT2D eigenvalue weighted by atomic mass is 16.5. The van der Waals surface area contributed by atoms with Gasteiger partial charge in [0.25, 0.3) is 5.91 Å². The average molecular weight is 389 g/mol. The summed E-state index contributed by atoms with van der Waals surface area (Å²) in [6.45, 7) is 7.70. The Bertz CT molecular complexity index is 991. The topological polar surface area (TPSA) is 59.2 Å². The Kier molecular flexibility index (Phi) is 5.47. The maximum atomic E-state index is 13.0. The molecule has 1 aliphatic rings. The van der Waals surface area contributed by atoms with Gasteiger partial charge in [-0.3, -0.25) is 4.79 Å². The van der Waals surface area contributed by atoms with Crippen LogP contribution in [0.3, 0.4) is 0 Å². The van der Waals surface area contributed by atoms with Gasteiger partial charge in [-0.2, -0.15) is 4.98 Å². The zero-order valence-electron chi connectivity index (χ0n) is 17.3. The number of piperidine rings is 1. The molecule has 1 fully saturated rings. The lowest BCUT2D eigenvalue weighted by atomic mass is 9.96. The van der Waals surface area contributed by atoms with E-state index in [9.17, 15) is 4.79 Å². The van der Waals surface area contributed by atoms with Crippen LogP contribution < -0.4 is 0 Å². The number of carbonyl (C=O) groups is 1. The second-order valence-electron chi connectivity index (χ2n) is 8.14. The number of hydrogen-bond donors (Lipinski definition) is 0. The highest BCUT2D eigenvalue weighted by Gasteiger charge is 2.29. The van der Waals surface area contributed by atoms with E-state index < -0.39 is 0 Å². The van der Waals surface area contributed by atoms with Crippen LogP contribution in [0.1, 0.15) is 65.9 Å². The molecule has 3 aromatic rings. The van der Waals surface area contributed by atoms with E-state index in [1.54, 1.807) is 0 Å². The van der Waals surface area contributed by atoms with Gasteiger partial charge in [0.15, 0.2) is 0 Å². The number of carbonyl (C=O) groups excluding carboxylic acids is 1. The largest absolute Gasteiger partial charge is 0.339 e. The molecule has 0 bridgehead atoms. The summed E-state index contributed by atoms with van der Waals surface area (Å²) in [7, 11) is 0. The van der Waals surface area contributed by atoms with E-state index in [4.69, 9.17) is 4.52 Å². The first kappa shape index (κ1) is 19.4. The van der Waals surface area contributed by atoms with Crippen LogP contribution in [0.15, 0.2) is 53.1 Å². The number of aromatic nitrogens is 2. The third-order valence-electron chi connectivity index (χ3n) is 5.71. The minimum Gasteiger partial charge on any atom is -0.339 e. The van der Waals surface area contributed by atoms with Crippen LogP contribution in [-0.2, 0) is 0 Å². The first-order valence-corrected chi connectivity index (χ1v) is 10.3. The molecule has 5 nitrogen and oxygen atoms in total. The van der Waals surface area contributed by atoms with E-state index in [0.717, 1.165) is 36.1 Å². The molecule has 1 amide bonds. The van der Waals surface area contributed by atoms with Gasteiger partial charge in [0.2, 0.25) is 11.7 Å². The highest BCUT2D eigenvalue weighted by Crippen LogP contribution is 2.29. The summed E-state index contributed by atoms with van der Waals surface area (Å²) in [5.41, 5.74) is 4.01. The predicted octanol–water partition coefficient (Wildman–Crippen LogP) is 5.19. The van der Waals surface area contributed by atoms with Crippen LogP contribution >= 0.6 is 0 Å². The maximum Gasteiger partial charge on any atom is 0.254 e. The monoisotopic (exact) mass is 389 g/mol. The number of hydrogen-bond acceptors (Lipinski definition) is 4. The van der Waals surface area contributed by atoms with Gasteiger partial charge in [-0.15, -0.1) is 0 Å². The predicted molar refractivity (Wildman–Crippen MR) is 113 cm³/mol. The van der Waals surface area contributed by atoms with Gasteiger partial charge >= 0.3 is 0 Å². The molecule has 4 rings (SSSR count). The molecule has 1 aliphatic heterocycles. The van der Waals surface area contributed by atoms with Crippen LogP contribution in [0.25, 0.3) is 11.4 Å². The normalized spacial score (nSPS) is 17.0. The number of aryl methyl sites for hydroxylation is 1. The SMILES string of the molecule is Cc1ccccc1C(=O)N1CCCC(c2nc(-c3ccc(C(C)C)cc3)no2)C1. The molecule has 0 aliphatic carbocycles. The van der Waals surface area contributed by atoms with E-state index in [-0.39, 0.29) is 11.8 Å². The number of nitrogens with zero attached hydrogens (tertiary/aromatic N) is 3. The minimum atomic E-state index is 0.0768. The molecule has 0 N–H and O–H groups in total. The molecule has 1 saturated heterocycles. The Hall–Kier alpha value is -2.95. The number of rotatable bonds is 4. The third kappa shape index (κ3) is 4.09. The van der Waals surface area contributed by atoms with Crippen LogP contribution in [0.5, 0.6) is 0 Å². The fraction of sp³-hybridized carbons (Fsp3) is 0.375. The van der Waals surface area contributed by atoms with Crippen molar-refractivity contribution in [1.82, 2.24) is 15.0 Å². The van der Waals surface area contributed by atoms with Crippen molar-refractivity contribution in [3.63, 3.8) is 0 Å². The summed E-state index contributed by atoms with van der Waals surface area (Å²) in [5.74, 6) is 1.88. The average Bonchev–Trinajstić information content (AvgIpc) is 3.24. The zero-order chi connectivity index (χ0) is 20.4. The van der Waals surface area contributed by atoms with Crippen molar-refractivity contribution in [2.45, 2.75) is 45.4 Å².